The van der Waals surface area contributed by atoms with Crippen LogP contribution in [0.4, 0.5) is 0 Å². The van der Waals surface area contributed by atoms with Gasteiger partial charge in [-0.05, 0) is 130 Å². The fraction of sp³-hybridized carbons (Fsp3) is 1.00. The van der Waals surface area contributed by atoms with Crippen LogP contribution in [0, 0.1) is 50.7 Å². The number of hydrogen-bond donors (Lipinski definition) is 6. The van der Waals surface area contributed by atoms with Crippen molar-refractivity contribution >= 4 is 12.9 Å². The second kappa shape index (κ2) is 10.8. The number of hydrogen-bond acceptors (Lipinski definition) is 9. The van der Waals surface area contributed by atoms with Crippen molar-refractivity contribution in [3.8, 4) is 0 Å². The van der Waals surface area contributed by atoms with E-state index in [1.54, 1.807) is 0 Å². The molecule has 5 aliphatic carbocycles. The fourth-order valence-electron chi connectivity index (χ4n) is 12.6. The summed E-state index contributed by atoms with van der Waals surface area (Å²) in [5, 5.41) is 46.2. The molecule has 42 heavy (non-hydrogen) atoms. The molecule has 6 aliphatic rings. The predicted molar refractivity (Wildman–Crippen MR) is 162 cm³/mol. The van der Waals surface area contributed by atoms with E-state index in [9.17, 15) is 20.4 Å². The summed E-state index contributed by atoms with van der Waals surface area (Å²) in [5.74, 6) is 1.65. The first-order valence-corrected chi connectivity index (χ1v) is 17.1. The first kappa shape index (κ1) is 32.0. The normalized spacial score (nSPS) is 55.2. The molecule has 8 nitrogen and oxygen atoms in total. The maximum absolute atomic E-state index is 12.2. The molecule has 2 spiro atoms. The molecule has 15 atom stereocenters. The highest BCUT2D eigenvalue weighted by Crippen LogP contribution is 2.89. The number of fused-ring (bicyclic) bond motifs is 2. The van der Waals surface area contributed by atoms with Gasteiger partial charge in [0.15, 0.2) is 6.29 Å². The second-order valence-electron chi connectivity index (χ2n) is 16.4. The molecule has 6 rings (SSSR count). The van der Waals surface area contributed by atoms with Crippen LogP contribution < -0.4 is 5.32 Å². The Morgan fingerprint density at radius 1 is 0.952 bits per heavy atom. The van der Waals surface area contributed by atoms with E-state index in [0.29, 0.717) is 17.8 Å². The van der Waals surface area contributed by atoms with Gasteiger partial charge in [-0.3, -0.25) is 0 Å². The van der Waals surface area contributed by atoms with Gasteiger partial charge in [0.05, 0.1) is 18.8 Å². The molecule has 5 saturated carbocycles. The Morgan fingerprint density at radius 2 is 1.64 bits per heavy atom. The zero-order valence-corrected chi connectivity index (χ0v) is 27.5. The average Bonchev–Trinajstić information content (AvgIpc) is 3.58. The van der Waals surface area contributed by atoms with Crippen molar-refractivity contribution in [3.05, 3.63) is 0 Å². The van der Waals surface area contributed by atoms with E-state index in [-0.39, 0.29) is 51.8 Å². The molecule has 1 aliphatic heterocycles. The third-order valence-corrected chi connectivity index (χ3v) is 15.0. The average molecular weight is 612 g/mol. The first-order chi connectivity index (χ1) is 19.8. The SMILES string of the molecule is CNCCCC(C)C1C(OS)C(O)C2(C)C3CCC4C(C)(C)C(OC5OCC(O)C(O)C5O)CCC45CC35CCC12C. The Balaban J connectivity index is 1.25. The first-order valence-electron chi connectivity index (χ1n) is 16.7. The summed E-state index contributed by atoms with van der Waals surface area (Å²) in [5.41, 5.74) is 0.109. The summed E-state index contributed by atoms with van der Waals surface area (Å²) >= 11 is 4.37. The predicted octanol–water partition coefficient (Wildman–Crippen LogP) is 3.70. The zero-order valence-electron chi connectivity index (χ0n) is 26.6. The Hall–Kier alpha value is 0.0300. The van der Waals surface area contributed by atoms with Crippen molar-refractivity contribution in [1.29, 1.82) is 0 Å². The summed E-state index contributed by atoms with van der Waals surface area (Å²) in [6.07, 6.45) is 4.49. The molecule has 9 heteroatoms. The highest BCUT2D eigenvalue weighted by Gasteiger charge is 2.84. The number of nitrogens with one attached hydrogen (secondary N) is 1. The minimum absolute atomic E-state index is 0.0128. The van der Waals surface area contributed by atoms with Crippen molar-refractivity contribution < 1.29 is 34.1 Å². The van der Waals surface area contributed by atoms with Gasteiger partial charge in [-0.15, -0.1) is 0 Å². The maximum Gasteiger partial charge on any atom is 0.186 e. The third-order valence-electron chi connectivity index (χ3n) is 14.8. The lowest BCUT2D eigenvalue weighted by molar-refractivity contribution is -0.303. The van der Waals surface area contributed by atoms with Crippen LogP contribution in [-0.4, -0.2) is 83.5 Å². The van der Waals surface area contributed by atoms with Crippen LogP contribution in [0.15, 0.2) is 0 Å². The summed E-state index contributed by atoms with van der Waals surface area (Å²) in [6.45, 7) is 12.8. The molecule has 0 aromatic heterocycles. The highest BCUT2D eigenvalue weighted by molar-refractivity contribution is 7.75. The summed E-state index contributed by atoms with van der Waals surface area (Å²) in [6, 6.07) is 0. The van der Waals surface area contributed by atoms with E-state index in [1.807, 2.05) is 7.05 Å². The molecule has 242 valence electrons. The number of ether oxygens (including phenoxy) is 2. The van der Waals surface area contributed by atoms with Gasteiger partial charge in [0, 0.05) is 5.41 Å². The van der Waals surface area contributed by atoms with E-state index in [2.05, 4.69) is 52.8 Å². The Kier molecular flexibility index (Phi) is 8.22. The Morgan fingerprint density at radius 3 is 2.33 bits per heavy atom. The van der Waals surface area contributed by atoms with Crippen molar-refractivity contribution in [1.82, 2.24) is 5.32 Å². The summed E-state index contributed by atoms with van der Waals surface area (Å²) in [7, 11) is 2.01. The second-order valence-corrected chi connectivity index (χ2v) is 16.6. The van der Waals surface area contributed by atoms with E-state index >= 15 is 0 Å². The fourth-order valence-corrected chi connectivity index (χ4v) is 12.8. The molecule has 0 aromatic rings. The van der Waals surface area contributed by atoms with Crippen LogP contribution in [-0.2, 0) is 13.7 Å². The van der Waals surface area contributed by atoms with Gasteiger partial charge in [-0.1, -0.05) is 34.6 Å². The molecular weight excluding hydrogens is 554 g/mol. The van der Waals surface area contributed by atoms with Crippen LogP contribution in [0.2, 0.25) is 0 Å². The van der Waals surface area contributed by atoms with Gasteiger partial charge in [-0.25, -0.2) is 0 Å². The Labute approximate surface area is 258 Å². The van der Waals surface area contributed by atoms with Crippen LogP contribution in [0.5, 0.6) is 0 Å². The lowest BCUT2D eigenvalue weighted by atomic mass is 9.41. The van der Waals surface area contributed by atoms with Crippen LogP contribution in [0.1, 0.15) is 92.4 Å². The number of aliphatic hydroxyl groups is 4. The molecule has 0 aromatic carbocycles. The maximum atomic E-state index is 12.2. The van der Waals surface area contributed by atoms with Gasteiger partial charge in [-0.2, -0.15) is 0 Å². The third kappa shape index (κ3) is 4.09. The molecule has 6 fully saturated rings. The lowest BCUT2D eigenvalue weighted by Crippen LogP contribution is -2.61. The van der Waals surface area contributed by atoms with Crippen molar-refractivity contribution in [2.24, 2.45) is 50.7 Å². The highest BCUT2D eigenvalue weighted by atomic mass is 32.1. The minimum atomic E-state index is -1.26. The number of thiol groups is 1. The van der Waals surface area contributed by atoms with Crippen molar-refractivity contribution in [3.63, 3.8) is 0 Å². The molecule has 0 bridgehead atoms. The van der Waals surface area contributed by atoms with Gasteiger partial charge in [0.25, 0.3) is 0 Å². The van der Waals surface area contributed by atoms with Crippen LogP contribution >= 0.6 is 12.9 Å². The van der Waals surface area contributed by atoms with E-state index < -0.39 is 30.7 Å². The molecular formula is C33H57NO7S. The van der Waals surface area contributed by atoms with E-state index in [0.717, 1.165) is 51.5 Å². The van der Waals surface area contributed by atoms with Gasteiger partial charge >= 0.3 is 0 Å². The van der Waals surface area contributed by atoms with Crippen LogP contribution in [0.25, 0.3) is 0 Å². The summed E-state index contributed by atoms with van der Waals surface area (Å²) in [4.78, 5) is 0. The van der Waals surface area contributed by atoms with Crippen LogP contribution in [0.3, 0.4) is 0 Å². The number of aliphatic hydroxyl groups excluding tert-OH is 4. The van der Waals surface area contributed by atoms with E-state index in [4.69, 9.17) is 13.7 Å². The van der Waals surface area contributed by atoms with Crippen molar-refractivity contribution in [2.75, 3.05) is 20.2 Å². The smallest absolute Gasteiger partial charge is 0.186 e. The van der Waals surface area contributed by atoms with Crippen molar-refractivity contribution in [2.45, 2.75) is 135 Å². The monoisotopic (exact) mass is 611 g/mol. The Bertz CT molecular complexity index is 1020. The minimum Gasteiger partial charge on any atom is -0.390 e. The molecule has 1 saturated heterocycles. The van der Waals surface area contributed by atoms with Gasteiger partial charge in [0.2, 0.25) is 0 Å². The summed E-state index contributed by atoms with van der Waals surface area (Å²) < 4.78 is 18.0. The number of rotatable bonds is 8. The lowest BCUT2D eigenvalue weighted by Gasteiger charge is -2.63. The molecule has 1 heterocycles. The van der Waals surface area contributed by atoms with E-state index in [1.165, 1.54) is 12.8 Å². The molecule has 5 N–H and O–H groups in total. The zero-order chi connectivity index (χ0) is 30.5. The standard InChI is InChI=1S/C33H57NO7S/c1-18(8-7-15-34-6)23-26(41-42)27(38)31(5)21-10-9-20-29(2,3)22(40-28-25(37)24(36)19(35)16-39-28)11-12-32(20)17-33(21,32)14-13-30(23,31)4/h18-28,34-38,42H,7-17H2,1-6H3. The van der Waals surface area contributed by atoms with Gasteiger partial charge in [0.1, 0.15) is 24.4 Å². The van der Waals surface area contributed by atoms with Gasteiger partial charge < -0.3 is 39.4 Å². The molecule has 0 radical (unpaired) electrons. The topological polar surface area (TPSA) is 121 Å². The quantitative estimate of drug-likeness (QED) is 0.106. The largest absolute Gasteiger partial charge is 0.390 e. The molecule has 15 unspecified atom stereocenters. The molecule has 0 amide bonds.